The number of amides is 1. The molecule has 2 heterocycles. The van der Waals surface area contributed by atoms with Crippen molar-refractivity contribution in [1.82, 2.24) is 9.55 Å². The molecule has 0 fully saturated rings. The number of nitrogens with zero attached hydrogens (tertiary/aromatic N) is 2. The van der Waals surface area contributed by atoms with Crippen molar-refractivity contribution < 1.29 is 4.79 Å². The van der Waals surface area contributed by atoms with Gasteiger partial charge < -0.3 is 15.2 Å². The van der Waals surface area contributed by atoms with E-state index >= 15 is 0 Å². The molecular weight excluding hydrogens is 360 g/mol. The summed E-state index contributed by atoms with van der Waals surface area (Å²) in [5.74, 6) is 1.04. The maximum Gasteiger partial charge on any atom is 0.243 e. The van der Waals surface area contributed by atoms with E-state index in [-0.39, 0.29) is 12.5 Å². The topological polar surface area (TPSA) is 59.0 Å². The van der Waals surface area contributed by atoms with E-state index in [9.17, 15) is 4.79 Å². The van der Waals surface area contributed by atoms with Crippen molar-refractivity contribution in [1.29, 1.82) is 0 Å². The number of hydrogen-bond donors (Lipinski definition) is 2. The van der Waals surface area contributed by atoms with Crippen LogP contribution in [-0.4, -0.2) is 22.0 Å². The number of carbonyl (C=O) groups is 1. The molecule has 2 N–H and O–H groups in total. The Balaban J connectivity index is 1.37. The van der Waals surface area contributed by atoms with Gasteiger partial charge in [0.25, 0.3) is 0 Å². The minimum Gasteiger partial charge on any atom is -0.375 e. The SMILES string of the molecule is O=C(CNc1ccccc1Cl)Nc1ccc(-c2cn3c(n2)CCCC3)cc1. The Labute approximate surface area is 163 Å². The maximum absolute atomic E-state index is 12.2. The van der Waals surface area contributed by atoms with Crippen molar-refractivity contribution in [2.45, 2.75) is 25.8 Å². The molecule has 2 aromatic carbocycles. The lowest BCUT2D eigenvalue weighted by Gasteiger charge is -2.11. The predicted molar refractivity (Wildman–Crippen MR) is 109 cm³/mol. The monoisotopic (exact) mass is 380 g/mol. The first-order valence-electron chi connectivity index (χ1n) is 9.14. The second-order valence-electron chi connectivity index (χ2n) is 6.65. The van der Waals surface area contributed by atoms with Gasteiger partial charge in [0.05, 0.1) is 22.9 Å². The number of nitrogens with one attached hydrogen (secondary N) is 2. The number of benzene rings is 2. The average molecular weight is 381 g/mol. The first-order chi connectivity index (χ1) is 13.2. The van der Waals surface area contributed by atoms with Crippen molar-refractivity contribution in [2.24, 2.45) is 0 Å². The number of imidazole rings is 1. The second-order valence-corrected chi connectivity index (χ2v) is 7.06. The first-order valence-corrected chi connectivity index (χ1v) is 9.51. The van der Waals surface area contributed by atoms with Crippen LogP contribution in [0.4, 0.5) is 11.4 Å². The molecule has 1 aliphatic heterocycles. The average Bonchev–Trinajstić information content (AvgIpc) is 3.12. The number of aromatic nitrogens is 2. The van der Waals surface area contributed by atoms with E-state index in [4.69, 9.17) is 16.6 Å². The lowest BCUT2D eigenvalue weighted by molar-refractivity contribution is -0.114. The van der Waals surface area contributed by atoms with Crippen LogP contribution in [0.3, 0.4) is 0 Å². The molecule has 0 saturated carbocycles. The fourth-order valence-corrected chi connectivity index (χ4v) is 3.46. The summed E-state index contributed by atoms with van der Waals surface area (Å²) in [7, 11) is 0. The van der Waals surface area contributed by atoms with Crippen molar-refractivity contribution in [3.8, 4) is 11.3 Å². The van der Waals surface area contributed by atoms with E-state index < -0.39 is 0 Å². The van der Waals surface area contributed by atoms with E-state index in [0.29, 0.717) is 5.02 Å². The Hall–Kier alpha value is -2.79. The van der Waals surface area contributed by atoms with Crippen molar-refractivity contribution in [3.05, 3.63) is 65.6 Å². The van der Waals surface area contributed by atoms with Gasteiger partial charge in [0.1, 0.15) is 5.82 Å². The molecule has 3 aromatic rings. The number of hydrogen-bond acceptors (Lipinski definition) is 3. The van der Waals surface area contributed by atoms with Gasteiger partial charge in [0, 0.05) is 30.4 Å². The highest BCUT2D eigenvalue weighted by molar-refractivity contribution is 6.33. The summed E-state index contributed by atoms with van der Waals surface area (Å²) in [5, 5.41) is 6.53. The number of fused-ring (bicyclic) bond motifs is 1. The molecule has 0 unspecified atom stereocenters. The van der Waals surface area contributed by atoms with Gasteiger partial charge in [-0.25, -0.2) is 4.98 Å². The standard InChI is InChI=1S/C21H21ClN4O/c22-17-5-1-2-6-18(17)23-13-21(27)24-16-10-8-15(9-11-16)19-14-26-12-4-3-7-20(26)25-19/h1-2,5-6,8-11,14,23H,3-4,7,12-13H2,(H,24,27). The highest BCUT2D eigenvalue weighted by Crippen LogP contribution is 2.24. The molecule has 4 rings (SSSR count). The summed E-state index contributed by atoms with van der Waals surface area (Å²) in [4.78, 5) is 16.9. The molecule has 27 heavy (non-hydrogen) atoms. The Kier molecular flexibility index (Phi) is 5.12. The van der Waals surface area contributed by atoms with Crippen LogP contribution in [0.5, 0.6) is 0 Å². The molecule has 0 saturated heterocycles. The zero-order valence-electron chi connectivity index (χ0n) is 14.9. The number of rotatable bonds is 5. The van der Waals surface area contributed by atoms with Crippen LogP contribution in [0.25, 0.3) is 11.3 Å². The molecule has 0 bridgehead atoms. The molecule has 6 heteroatoms. The van der Waals surface area contributed by atoms with Crippen LogP contribution in [-0.2, 0) is 17.8 Å². The normalized spacial score (nSPS) is 13.1. The first kappa shape index (κ1) is 17.6. The summed E-state index contributed by atoms with van der Waals surface area (Å²) in [5.41, 5.74) is 3.55. The Morgan fingerprint density at radius 1 is 1.11 bits per heavy atom. The molecule has 0 radical (unpaired) electrons. The Morgan fingerprint density at radius 2 is 1.93 bits per heavy atom. The highest BCUT2D eigenvalue weighted by Gasteiger charge is 2.13. The van der Waals surface area contributed by atoms with Gasteiger partial charge >= 0.3 is 0 Å². The van der Waals surface area contributed by atoms with Gasteiger partial charge in [-0.1, -0.05) is 35.9 Å². The highest BCUT2D eigenvalue weighted by atomic mass is 35.5. The number of aryl methyl sites for hydroxylation is 2. The van der Waals surface area contributed by atoms with Crippen LogP contribution >= 0.6 is 11.6 Å². The Bertz CT molecular complexity index is 926. The largest absolute Gasteiger partial charge is 0.375 e. The van der Waals surface area contributed by atoms with E-state index in [1.807, 2.05) is 42.5 Å². The quantitative estimate of drug-likeness (QED) is 0.680. The molecule has 0 atom stereocenters. The zero-order chi connectivity index (χ0) is 18.6. The third-order valence-electron chi connectivity index (χ3n) is 4.69. The van der Waals surface area contributed by atoms with Gasteiger partial charge in [-0.3, -0.25) is 4.79 Å². The fourth-order valence-electron chi connectivity index (χ4n) is 3.26. The van der Waals surface area contributed by atoms with Gasteiger partial charge in [0.15, 0.2) is 0 Å². The number of anilines is 2. The number of halogens is 1. The van der Waals surface area contributed by atoms with Crippen molar-refractivity contribution in [2.75, 3.05) is 17.2 Å². The van der Waals surface area contributed by atoms with E-state index in [2.05, 4.69) is 21.4 Å². The summed E-state index contributed by atoms with van der Waals surface area (Å²) >= 11 is 6.08. The third kappa shape index (κ3) is 4.14. The molecule has 1 aromatic heterocycles. The van der Waals surface area contributed by atoms with E-state index in [1.165, 1.54) is 18.7 Å². The van der Waals surface area contributed by atoms with Gasteiger partial charge in [-0.05, 0) is 37.1 Å². The van der Waals surface area contributed by atoms with Crippen LogP contribution in [0.2, 0.25) is 5.02 Å². The molecular formula is C21H21ClN4O. The molecule has 0 spiro atoms. The Morgan fingerprint density at radius 3 is 2.70 bits per heavy atom. The third-order valence-corrected chi connectivity index (χ3v) is 5.02. The fraction of sp³-hybridized carbons (Fsp3) is 0.238. The minimum absolute atomic E-state index is 0.125. The van der Waals surface area contributed by atoms with E-state index in [1.54, 1.807) is 6.07 Å². The van der Waals surface area contributed by atoms with Crippen LogP contribution in [0.1, 0.15) is 18.7 Å². The number of carbonyl (C=O) groups excluding carboxylic acids is 1. The lowest BCUT2D eigenvalue weighted by Crippen LogP contribution is -2.21. The molecule has 138 valence electrons. The second kappa shape index (κ2) is 7.84. The lowest BCUT2D eigenvalue weighted by atomic mass is 10.1. The van der Waals surface area contributed by atoms with Crippen molar-refractivity contribution in [3.63, 3.8) is 0 Å². The predicted octanol–water partition coefficient (Wildman–Crippen LogP) is 4.59. The molecule has 1 amide bonds. The van der Waals surface area contributed by atoms with Gasteiger partial charge in [0.2, 0.25) is 5.91 Å². The van der Waals surface area contributed by atoms with Gasteiger partial charge in [-0.15, -0.1) is 0 Å². The smallest absolute Gasteiger partial charge is 0.243 e. The minimum atomic E-state index is -0.125. The number of para-hydroxylation sites is 1. The van der Waals surface area contributed by atoms with E-state index in [0.717, 1.165) is 35.6 Å². The molecule has 5 nitrogen and oxygen atoms in total. The summed E-state index contributed by atoms with van der Waals surface area (Å²) in [6, 6.07) is 15.1. The van der Waals surface area contributed by atoms with Crippen LogP contribution in [0.15, 0.2) is 54.7 Å². The summed E-state index contributed by atoms with van der Waals surface area (Å²) in [6.45, 7) is 1.20. The maximum atomic E-state index is 12.2. The molecule has 0 aliphatic carbocycles. The van der Waals surface area contributed by atoms with Crippen molar-refractivity contribution >= 4 is 28.9 Å². The summed E-state index contributed by atoms with van der Waals surface area (Å²) in [6.07, 6.45) is 5.60. The zero-order valence-corrected chi connectivity index (χ0v) is 15.7. The van der Waals surface area contributed by atoms with Crippen LogP contribution in [0, 0.1) is 0 Å². The molecule has 1 aliphatic rings. The van der Waals surface area contributed by atoms with Gasteiger partial charge in [-0.2, -0.15) is 0 Å². The summed E-state index contributed by atoms with van der Waals surface area (Å²) < 4.78 is 2.24. The van der Waals surface area contributed by atoms with Crippen LogP contribution < -0.4 is 10.6 Å².